The Morgan fingerprint density at radius 2 is 2.14 bits per heavy atom. The predicted molar refractivity (Wildman–Crippen MR) is 96.7 cm³/mol. The van der Waals surface area contributed by atoms with Crippen LogP contribution in [0, 0.1) is 12.8 Å². The molecular formula is C17H30N4S. The number of hydrogen-bond acceptors (Lipinski definition) is 3. The van der Waals surface area contributed by atoms with Crippen molar-refractivity contribution in [3.8, 4) is 0 Å². The first kappa shape index (κ1) is 17.3. The van der Waals surface area contributed by atoms with Gasteiger partial charge in [0, 0.05) is 24.5 Å². The van der Waals surface area contributed by atoms with E-state index in [1.54, 1.807) is 11.3 Å². The van der Waals surface area contributed by atoms with E-state index in [-0.39, 0.29) is 0 Å². The first-order chi connectivity index (χ1) is 10.7. The molecule has 4 nitrogen and oxygen atoms in total. The van der Waals surface area contributed by atoms with Gasteiger partial charge in [-0.3, -0.25) is 0 Å². The average molecular weight is 323 g/mol. The van der Waals surface area contributed by atoms with Gasteiger partial charge in [-0.05, 0) is 62.7 Å². The molecule has 0 aliphatic carbocycles. The zero-order valence-corrected chi connectivity index (χ0v) is 15.0. The normalized spacial score (nSPS) is 17.7. The molecule has 1 aliphatic heterocycles. The molecule has 124 valence electrons. The van der Waals surface area contributed by atoms with Crippen LogP contribution in [0.4, 0.5) is 0 Å². The van der Waals surface area contributed by atoms with Crippen molar-refractivity contribution in [2.45, 2.75) is 40.2 Å². The number of aliphatic imine (C=N–C) groups is 1. The molecule has 0 bridgehead atoms. The number of hydrogen-bond donors (Lipinski definition) is 2. The molecule has 0 saturated carbocycles. The second-order valence-corrected chi connectivity index (χ2v) is 7.17. The molecule has 0 unspecified atom stereocenters. The minimum Gasteiger partial charge on any atom is -0.357 e. The highest BCUT2D eigenvalue weighted by atomic mass is 32.1. The summed E-state index contributed by atoms with van der Waals surface area (Å²) in [5.41, 5.74) is 1.34. The third-order valence-corrected chi connectivity index (χ3v) is 5.30. The van der Waals surface area contributed by atoms with Crippen LogP contribution in [-0.4, -0.2) is 43.6 Å². The largest absolute Gasteiger partial charge is 0.357 e. The van der Waals surface area contributed by atoms with Gasteiger partial charge in [0.1, 0.15) is 0 Å². The summed E-state index contributed by atoms with van der Waals surface area (Å²) >= 11 is 1.79. The fourth-order valence-electron chi connectivity index (χ4n) is 2.68. The maximum atomic E-state index is 4.70. The number of likely N-dealkylation sites (tertiary alicyclic amines) is 1. The summed E-state index contributed by atoms with van der Waals surface area (Å²) in [5.74, 6) is 1.83. The van der Waals surface area contributed by atoms with Gasteiger partial charge in [0.2, 0.25) is 0 Å². The number of guanidine groups is 1. The smallest absolute Gasteiger partial charge is 0.191 e. The summed E-state index contributed by atoms with van der Waals surface area (Å²) in [7, 11) is 0. The van der Waals surface area contributed by atoms with Gasteiger partial charge in [0.15, 0.2) is 5.96 Å². The Kier molecular flexibility index (Phi) is 7.19. The monoisotopic (exact) mass is 322 g/mol. The number of piperidine rings is 1. The molecular weight excluding hydrogens is 292 g/mol. The molecule has 5 heteroatoms. The van der Waals surface area contributed by atoms with Gasteiger partial charge in [0.05, 0.1) is 6.54 Å². The number of nitrogens with zero attached hydrogens (tertiary/aromatic N) is 2. The predicted octanol–water partition coefficient (Wildman–Crippen LogP) is 2.84. The molecule has 2 heterocycles. The van der Waals surface area contributed by atoms with Crippen LogP contribution in [0.2, 0.25) is 0 Å². The molecule has 1 aromatic rings. The Morgan fingerprint density at radius 3 is 2.77 bits per heavy atom. The van der Waals surface area contributed by atoms with Crippen molar-refractivity contribution < 1.29 is 0 Å². The molecule has 2 rings (SSSR count). The number of thiophene rings is 1. The van der Waals surface area contributed by atoms with Crippen molar-refractivity contribution in [1.82, 2.24) is 15.5 Å². The van der Waals surface area contributed by atoms with Crippen LogP contribution < -0.4 is 10.6 Å². The minimum absolute atomic E-state index is 0.764. The van der Waals surface area contributed by atoms with Gasteiger partial charge in [-0.15, -0.1) is 11.3 Å². The average Bonchev–Trinajstić information content (AvgIpc) is 2.92. The molecule has 22 heavy (non-hydrogen) atoms. The maximum Gasteiger partial charge on any atom is 0.191 e. The van der Waals surface area contributed by atoms with E-state index in [0.717, 1.165) is 38.1 Å². The Morgan fingerprint density at radius 1 is 1.36 bits per heavy atom. The Labute approximate surface area is 139 Å². The van der Waals surface area contributed by atoms with Gasteiger partial charge in [-0.1, -0.05) is 6.92 Å². The standard InChI is InChI=1S/C17H30N4S/c1-4-18-17(20-13-16-15(3)7-12-22-16)19-8-11-21-9-5-14(2)6-10-21/h7,12,14H,4-6,8-11,13H2,1-3H3,(H2,18,19,20). The summed E-state index contributed by atoms with van der Waals surface area (Å²) in [4.78, 5) is 8.60. The van der Waals surface area contributed by atoms with Gasteiger partial charge in [-0.2, -0.15) is 0 Å². The van der Waals surface area contributed by atoms with E-state index in [1.165, 1.54) is 36.4 Å². The quantitative estimate of drug-likeness (QED) is 0.625. The Balaban J connectivity index is 1.75. The molecule has 1 aromatic heterocycles. The summed E-state index contributed by atoms with van der Waals surface area (Å²) in [6.07, 6.45) is 2.68. The number of nitrogens with one attached hydrogen (secondary N) is 2. The fraction of sp³-hybridized carbons (Fsp3) is 0.706. The number of rotatable bonds is 6. The second kappa shape index (κ2) is 9.16. The van der Waals surface area contributed by atoms with Gasteiger partial charge >= 0.3 is 0 Å². The van der Waals surface area contributed by atoms with Gasteiger partial charge < -0.3 is 15.5 Å². The first-order valence-electron chi connectivity index (χ1n) is 8.46. The first-order valence-corrected chi connectivity index (χ1v) is 9.34. The third-order valence-electron chi connectivity index (χ3n) is 4.29. The summed E-state index contributed by atoms with van der Waals surface area (Å²) in [5, 5.41) is 8.93. The highest BCUT2D eigenvalue weighted by molar-refractivity contribution is 7.10. The second-order valence-electron chi connectivity index (χ2n) is 6.17. The van der Waals surface area contributed by atoms with E-state index in [0.29, 0.717) is 0 Å². The van der Waals surface area contributed by atoms with Crippen molar-refractivity contribution in [3.05, 3.63) is 21.9 Å². The lowest BCUT2D eigenvalue weighted by Crippen LogP contribution is -2.43. The molecule has 0 atom stereocenters. The van der Waals surface area contributed by atoms with Crippen molar-refractivity contribution in [2.75, 3.05) is 32.7 Å². The van der Waals surface area contributed by atoms with Crippen LogP contribution in [0.15, 0.2) is 16.4 Å². The van der Waals surface area contributed by atoms with Crippen molar-refractivity contribution >= 4 is 17.3 Å². The minimum atomic E-state index is 0.764. The van der Waals surface area contributed by atoms with Gasteiger partial charge in [0.25, 0.3) is 0 Å². The maximum absolute atomic E-state index is 4.70. The molecule has 0 amide bonds. The van der Waals surface area contributed by atoms with E-state index >= 15 is 0 Å². The lowest BCUT2D eigenvalue weighted by atomic mass is 9.99. The topological polar surface area (TPSA) is 39.7 Å². The molecule has 1 saturated heterocycles. The molecule has 0 aromatic carbocycles. The van der Waals surface area contributed by atoms with Crippen LogP contribution in [0.1, 0.15) is 37.1 Å². The molecule has 0 radical (unpaired) electrons. The van der Waals surface area contributed by atoms with Crippen LogP contribution in [0.5, 0.6) is 0 Å². The molecule has 1 fully saturated rings. The zero-order valence-electron chi connectivity index (χ0n) is 14.2. The van der Waals surface area contributed by atoms with Crippen LogP contribution in [-0.2, 0) is 6.54 Å². The summed E-state index contributed by atoms with van der Waals surface area (Å²) < 4.78 is 0. The van der Waals surface area contributed by atoms with Crippen LogP contribution in [0.3, 0.4) is 0 Å². The molecule has 0 spiro atoms. The third kappa shape index (κ3) is 5.61. The lowest BCUT2D eigenvalue weighted by Gasteiger charge is -2.30. The molecule has 1 aliphatic rings. The summed E-state index contributed by atoms with van der Waals surface area (Å²) in [6, 6.07) is 2.16. The highest BCUT2D eigenvalue weighted by Crippen LogP contribution is 2.16. The Bertz CT molecular complexity index is 461. The molecule has 2 N–H and O–H groups in total. The SMILES string of the molecule is CCNC(=NCc1sccc1C)NCCN1CCC(C)CC1. The Hall–Kier alpha value is -1.07. The van der Waals surface area contributed by atoms with E-state index in [2.05, 4.69) is 47.8 Å². The fourth-order valence-corrected chi connectivity index (χ4v) is 3.51. The van der Waals surface area contributed by atoms with Crippen molar-refractivity contribution in [2.24, 2.45) is 10.9 Å². The van der Waals surface area contributed by atoms with Crippen molar-refractivity contribution in [1.29, 1.82) is 0 Å². The summed E-state index contributed by atoms with van der Waals surface area (Å²) in [6.45, 7) is 12.8. The zero-order chi connectivity index (χ0) is 15.8. The van der Waals surface area contributed by atoms with E-state index < -0.39 is 0 Å². The highest BCUT2D eigenvalue weighted by Gasteiger charge is 2.14. The lowest BCUT2D eigenvalue weighted by molar-refractivity contribution is 0.195. The van der Waals surface area contributed by atoms with Crippen molar-refractivity contribution in [3.63, 3.8) is 0 Å². The van der Waals surface area contributed by atoms with E-state index in [1.807, 2.05) is 0 Å². The van der Waals surface area contributed by atoms with E-state index in [9.17, 15) is 0 Å². The number of aryl methyl sites for hydroxylation is 1. The van der Waals surface area contributed by atoms with Crippen LogP contribution >= 0.6 is 11.3 Å². The van der Waals surface area contributed by atoms with E-state index in [4.69, 9.17) is 4.99 Å². The van der Waals surface area contributed by atoms with Gasteiger partial charge in [-0.25, -0.2) is 4.99 Å². The van der Waals surface area contributed by atoms with Crippen LogP contribution in [0.25, 0.3) is 0 Å².